The van der Waals surface area contributed by atoms with Crippen LogP contribution < -0.4 is 0 Å². The molecule has 0 saturated heterocycles. The largest absolute Gasteiger partial charge is 0.469 e. The van der Waals surface area contributed by atoms with E-state index >= 15 is 0 Å². The van der Waals surface area contributed by atoms with Crippen LogP contribution in [0.15, 0.2) is 16.7 Å². The van der Waals surface area contributed by atoms with Crippen molar-refractivity contribution in [3.05, 3.63) is 23.7 Å². The molecule has 1 heterocycles. The molecular weight excluding hydrogens is 200 g/mol. The van der Waals surface area contributed by atoms with E-state index in [2.05, 4.69) is 13.8 Å². The standard InChI is InChI=1S/C14H24O2/c1-4-6-7-12(5-2)9-14(15)13-8-11(3)16-10-13/h8,10,12,14-15H,4-7,9H2,1-3H3. The van der Waals surface area contributed by atoms with Gasteiger partial charge in [-0.3, -0.25) is 0 Å². The highest BCUT2D eigenvalue weighted by Gasteiger charge is 2.15. The van der Waals surface area contributed by atoms with Crippen molar-refractivity contribution in [2.45, 2.75) is 59.0 Å². The third kappa shape index (κ3) is 4.01. The van der Waals surface area contributed by atoms with E-state index in [1.807, 2.05) is 13.0 Å². The fourth-order valence-corrected chi connectivity index (χ4v) is 2.07. The Labute approximate surface area is 98.7 Å². The smallest absolute Gasteiger partial charge is 0.101 e. The first-order valence-corrected chi connectivity index (χ1v) is 6.40. The Morgan fingerprint density at radius 1 is 1.38 bits per heavy atom. The van der Waals surface area contributed by atoms with Crippen molar-refractivity contribution in [2.75, 3.05) is 0 Å². The van der Waals surface area contributed by atoms with Gasteiger partial charge in [0.1, 0.15) is 5.76 Å². The second-order valence-corrected chi connectivity index (χ2v) is 4.66. The Bertz CT molecular complexity index is 291. The SMILES string of the molecule is CCCCC(CC)CC(O)c1coc(C)c1. The van der Waals surface area contributed by atoms with Crippen LogP contribution in [0.3, 0.4) is 0 Å². The minimum absolute atomic E-state index is 0.362. The Hall–Kier alpha value is -0.760. The van der Waals surface area contributed by atoms with Crippen LogP contribution in [-0.4, -0.2) is 5.11 Å². The van der Waals surface area contributed by atoms with Gasteiger partial charge in [0.15, 0.2) is 0 Å². The summed E-state index contributed by atoms with van der Waals surface area (Å²) in [5.74, 6) is 1.50. The molecule has 2 atom stereocenters. The van der Waals surface area contributed by atoms with E-state index in [-0.39, 0.29) is 6.10 Å². The molecule has 0 saturated carbocycles. The third-order valence-corrected chi connectivity index (χ3v) is 3.24. The van der Waals surface area contributed by atoms with Gasteiger partial charge in [-0.2, -0.15) is 0 Å². The third-order valence-electron chi connectivity index (χ3n) is 3.24. The lowest BCUT2D eigenvalue weighted by Gasteiger charge is -2.17. The van der Waals surface area contributed by atoms with Gasteiger partial charge in [0.25, 0.3) is 0 Å². The molecule has 0 aliphatic carbocycles. The maximum absolute atomic E-state index is 10.1. The number of hydrogen-bond donors (Lipinski definition) is 1. The fourth-order valence-electron chi connectivity index (χ4n) is 2.07. The van der Waals surface area contributed by atoms with Crippen molar-refractivity contribution >= 4 is 0 Å². The van der Waals surface area contributed by atoms with Crippen LogP contribution in [0.25, 0.3) is 0 Å². The zero-order valence-corrected chi connectivity index (χ0v) is 10.7. The lowest BCUT2D eigenvalue weighted by atomic mass is 9.91. The Balaban J connectivity index is 2.45. The second-order valence-electron chi connectivity index (χ2n) is 4.66. The minimum atomic E-state index is -0.362. The molecule has 0 spiro atoms. The van der Waals surface area contributed by atoms with Gasteiger partial charge in [0, 0.05) is 5.56 Å². The lowest BCUT2D eigenvalue weighted by Crippen LogP contribution is -2.06. The molecule has 0 amide bonds. The molecule has 0 fully saturated rings. The average Bonchev–Trinajstić information content (AvgIpc) is 2.70. The van der Waals surface area contributed by atoms with Crippen molar-refractivity contribution in [2.24, 2.45) is 5.92 Å². The van der Waals surface area contributed by atoms with Crippen molar-refractivity contribution in [3.63, 3.8) is 0 Å². The van der Waals surface area contributed by atoms with E-state index in [0.29, 0.717) is 5.92 Å². The maximum Gasteiger partial charge on any atom is 0.101 e. The van der Waals surface area contributed by atoms with Gasteiger partial charge in [-0.1, -0.05) is 39.5 Å². The van der Waals surface area contributed by atoms with Crippen LogP contribution in [0.2, 0.25) is 0 Å². The molecular formula is C14H24O2. The number of aliphatic hydroxyl groups is 1. The number of aryl methyl sites for hydroxylation is 1. The summed E-state index contributed by atoms with van der Waals surface area (Å²) >= 11 is 0. The van der Waals surface area contributed by atoms with Gasteiger partial charge in [0.05, 0.1) is 12.4 Å². The normalized spacial score (nSPS) is 15.0. The Morgan fingerprint density at radius 2 is 2.12 bits per heavy atom. The van der Waals surface area contributed by atoms with Gasteiger partial charge in [-0.25, -0.2) is 0 Å². The summed E-state index contributed by atoms with van der Waals surface area (Å²) in [5, 5.41) is 10.1. The summed E-state index contributed by atoms with van der Waals surface area (Å²) in [5.41, 5.74) is 0.924. The van der Waals surface area contributed by atoms with Gasteiger partial charge in [-0.15, -0.1) is 0 Å². The molecule has 0 radical (unpaired) electrons. The molecule has 0 bridgehead atoms. The highest BCUT2D eigenvalue weighted by Crippen LogP contribution is 2.27. The summed E-state index contributed by atoms with van der Waals surface area (Å²) in [7, 11) is 0. The zero-order chi connectivity index (χ0) is 12.0. The molecule has 0 aromatic carbocycles. The fraction of sp³-hybridized carbons (Fsp3) is 0.714. The highest BCUT2D eigenvalue weighted by atomic mass is 16.3. The van der Waals surface area contributed by atoms with Gasteiger partial charge in [-0.05, 0) is 25.3 Å². The van der Waals surface area contributed by atoms with Crippen LogP contribution in [0.1, 0.15) is 63.4 Å². The summed E-state index contributed by atoms with van der Waals surface area (Å²) < 4.78 is 5.22. The topological polar surface area (TPSA) is 33.4 Å². The van der Waals surface area contributed by atoms with E-state index in [1.165, 1.54) is 19.3 Å². The average molecular weight is 224 g/mol. The van der Waals surface area contributed by atoms with Gasteiger partial charge < -0.3 is 9.52 Å². The van der Waals surface area contributed by atoms with E-state index in [4.69, 9.17) is 4.42 Å². The Morgan fingerprint density at radius 3 is 2.62 bits per heavy atom. The predicted octanol–water partition coefficient (Wildman–Crippen LogP) is 4.23. The molecule has 2 unspecified atom stereocenters. The molecule has 0 aliphatic rings. The molecule has 1 rings (SSSR count). The lowest BCUT2D eigenvalue weighted by molar-refractivity contribution is 0.138. The van der Waals surface area contributed by atoms with Gasteiger partial charge >= 0.3 is 0 Å². The second kappa shape index (κ2) is 6.74. The van der Waals surface area contributed by atoms with Crippen molar-refractivity contribution in [1.82, 2.24) is 0 Å². The number of unbranched alkanes of at least 4 members (excludes halogenated alkanes) is 1. The first-order valence-electron chi connectivity index (χ1n) is 6.40. The number of hydrogen-bond acceptors (Lipinski definition) is 2. The Kier molecular flexibility index (Phi) is 5.61. The summed E-state index contributed by atoms with van der Waals surface area (Å²) in [6.07, 6.45) is 7.03. The molecule has 2 nitrogen and oxygen atoms in total. The first kappa shape index (κ1) is 13.3. The summed E-state index contributed by atoms with van der Waals surface area (Å²) in [6, 6.07) is 1.93. The van der Waals surface area contributed by atoms with Crippen LogP contribution in [0.4, 0.5) is 0 Å². The molecule has 1 aromatic heterocycles. The van der Waals surface area contributed by atoms with Crippen LogP contribution in [0, 0.1) is 12.8 Å². The zero-order valence-electron chi connectivity index (χ0n) is 10.7. The van der Waals surface area contributed by atoms with E-state index in [0.717, 1.165) is 24.2 Å². The van der Waals surface area contributed by atoms with Crippen LogP contribution >= 0.6 is 0 Å². The summed E-state index contributed by atoms with van der Waals surface area (Å²) in [6.45, 7) is 6.32. The predicted molar refractivity (Wildman–Crippen MR) is 66.3 cm³/mol. The molecule has 1 N–H and O–H groups in total. The maximum atomic E-state index is 10.1. The monoisotopic (exact) mass is 224 g/mol. The van der Waals surface area contributed by atoms with Crippen LogP contribution in [-0.2, 0) is 0 Å². The molecule has 1 aromatic rings. The quantitative estimate of drug-likeness (QED) is 0.752. The van der Waals surface area contributed by atoms with E-state index < -0.39 is 0 Å². The molecule has 2 heteroatoms. The molecule has 92 valence electrons. The van der Waals surface area contributed by atoms with E-state index in [9.17, 15) is 5.11 Å². The first-order chi connectivity index (χ1) is 7.67. The molecule has 0 aliphatic heterocycles. The van der Waals surface area contributed by atoms with Crippen molar-refractivity contribution < 1.29 is 9.52 Å². The van der Waals surface area contributed by atoms with Crippen LogP contribution in [0.5, 0.6) is 0 Å². The number of furan rings is 1. The minimum Gasteiger partial charge on any atom is -0.469 e. The molecule has 16 heavy (non-hydrogen) atoms. The number of rotatable bonds is 7. The number of aliphatic hydroxyl groups excluding tert-OH is 1. The van der Waals surface area contributed by atoms with Crippen molar-refractivity contribution in [3.8, 4) is 0 Å². The van der Waals surface area contributed by atoms with E-state index in [1.54, 1.807) is 6.26 Å². The van der Waals surface area contributed by atoms with Crippen molar-refractivity contribution in [1.29, 1.82) is 0 Å². The van der Waals surface area contributed by atoms with Gasteiger partial charge in [0.2, 0.25) is 0 Å². The summed E-state index contributed by atoms with van der Waals surface area (Å²) in [4.78, 5) is 0. The highest BCUT2D eigenvalue weighted by molar-refractivity contribution is 5.14.